The number of rotatable bonds is 4. The van der Waals surface area contributed by atoms with Crippen molar-refractivity contribution in [1.29, 1.82) is 5.26 Å². The number of nitriles is 1. The lowest BCUT2D eigenvalue weighted by Crippen LogP contribution is -2.07. The van der Waals surface area contributed by atoms with Gasteiger partial charge in [-0.15, -0.1) is 4.36 Å². The predicted molar refractivity (Wildman–Crippen MR) is 122 cm³/mol. The first-order valence-corrected chi connectivity index (χ1v) is 12.0. The van der Waals surface area contributed by atoms with Gasteiger partial charge in [0.2, 0.25) is 6.19 Å². The van der Waals surface area contributed by atoms with E-state index in [0.29, 0.717) is 17.7 Å². The third kappa shape index (κ3) is 3.62. The van der Waals surface area contributed by atoms with Crippen LogP contribution in [0.1, 0.15) is 12.5 Å². The minimum absolute atomic E-state index is 0.0320. The smallest absolute Gasteiger partial charge is 0.312 e. The van der Waals surface area contributed by atoms with E-state index in [9.17, 15) is 22.6 Å². The molecule has 1 unspecified atom stereocenters. The summed E-state index contributed by atoms with van der Waals surface area (Å²) in [5, 5.41) is 13.6. The first kappa shape index (κ1) is 23.3. The van der Waals surface area contributed by atoms with Gasteiger partial charge < -0.3 is 4.57 Å². The molecule has 36 heavy (non-hydrogen) atoms. The zero-order valence-electron chi connectivity index (χ0n) is 18.7. The molecule has 5 heterocycles. The van der Waals surface area contributed by atoms with Gasteiger partial charge in [0.05, 0.1) is 11.1 Å². The van der Waals surface area contributed by atoms with Gasteiger partial charge in [0.25, 0.3) is 0 Å². The lowest BCUT2D eigenvalue weighted by atomic mass is 10.2. The Kier molecular flexibility index (Phi) is 5.40. The van der Waals surface area contributed by atoms with Crippen LogP contribution in [0.4, 0.5) is 13.2 Å². The maximum Gasteiger partial charge on any atom is 0.417 e. The molecule has 0 spiro atoms. The molecule has 0 aliphatic carbocycles. The minimum Gasteiger partial charge on any atom is -0.312 e. The molecule has 0 radical (unpaired) electrons. The molecule has 5 rings (SSSR count). The van der Waals surface area contributed by atoms with Crippen molar-refractivity contribution in [2.75, 3.05) is 5.75 Å². The predicted octanol–water partition coefficient (Wildman–Crippen LogP) is 3.48. The third-order valence-electron chi connectivity index (χ3n) is 5.42. The number of hydrogen-bond donors (Lipinski definition) is 0. The fourth-order valence-corrected chi connectivity index (χ4v) is 5.04. The molecule has 0 aromatic carbocycles. The summed E-state index contributed by atoms with van der Waals surface area (Å²) < 4.78 is 60.0. The highest BCUT2D eigenvalue weighted by Crippen LogP contribution is 2.36. The van der Waals surface area contributed by atoms with Crippen molar-refractivity contribution in [3.05, 3.63) is 48.5 Å². The summed E-state index contributed by atoms with van der Waals surface area (Å²) in [4.78, 5) is 21.2. The van der Waals surface area contributed by atoms with Gasteiger partial charge in [0.1, 0.15) is 26.8 Å². The topological polar surface area (TPSA) is 140 Å². The standard InChI is InChI=1S/C21H15F3N10OS/c1-3-36(35,30-11-25)20-15(18-28-8-5-14(34(18)32-20)16-26-6-4-7-27-16)19-31-13-9-12(21(22,23)24)10-29-17(13)33(19)2/h4-10H,3H2,1-2H3. The monoisotopic (exact) mass is 512 g/mol. The Balaban J connectivity index is 1.89. The number of pyridine rings is 1. The number of halogens is 3. The number of hydrogen-bond acceptors (Lipinski definition) is 9. The van der Waals surface area contributed by atoms with Crippen LogP contribution >= 0.6 is 0 Å². The number of nitrogens with zero attached hydrogens (tertiary/aromatic N) is 10. The Morgan fingerprint density at radius 2 is 1.89 bits per heavy atom. The van der Waals surface area contributed by atoms with Crippen LogP contribution in [0.3, 0.4) is 0 Å². The van der Waals surface area contributed by atoms with Crippen LogP contribution in [0.15, 0.2) is 52.4 Å². The summed E-state index contributed by atoms with van der Waals surface area (Å²) in [6, 6.07) is 4.12. The number of alkyl halides is 3. The number of imidazole rings is 1. The molecular weight excluding hydrogens is 497 g/mol. The first-order valence-electron chi connectivity index (χ1n) is 10.4. The molecule has 5 aromatic heterocycles. The third-order valence-corrected chi connectivity index (χ3v) is 7.47. The van der Waals surface area contributed by atoms with E-state index >= 15 is 0 Å². The first-order chi connectivity index (χ1) is 17.2. The van der Waals surface area contributed by atoms with Crippen LogP contribution in [0.5, 0.6) is 0 Å². The zero-order chi connectivity index (χ0) is 25.7. The molecule has 0 aliphatic heterocycles. The van der Waals surface area contributed by atoms with Gasteiger partial charge in [-0.25, -0.2) is 33.6 Å². The largest absolute Gasteiger partial charge is 0.417 e. The van der Waals surface area contributed by atoms with E-state index in [-0.39, 0.29) is 39.0 Å². The van der Waals surface area contributed by atoms with E-state index in [4.69, 9.17) is 0 Å². The normalized spacial score (nSPS) is 13.6. The van der Waals surface area contributed by atoms with E-state index < -0.39 is 21.5 Å². The SMILES string of the molecule is CCS(=O)(=NC#N)c1nn2c(-c3ncccn3)ccnc2c1-c1nc2cc(C(F)(F)F)cnc2n1C. The second-order valence-corrected chi connectivity index (χ2v) is 9.92. The zero-order valence-corrected chi connectivity index (χ0v) is 19.5. The fourth-order valence-electron chi connectivity index (χ4n) is 3.71. The van der Waals surface area contributed by atoms with Crippen LogP contribution in [0.2, 0.25) is 0 Å². The van der Waals surface area contributed by atoms with Crippen LogP contribution in [-0.4, -0.2) is 49.1 Å². The van der Waals surface area contributed by atoms with Crippen molar-refractivity contribution in [3.8, 4) is 29.1 Å². The molecule has 0 saturated heterocycles. The van der Waals surface area contributed by atoms with Crippen molar-refractivity contribution in [2.45, 2.75) is 18.1 Å². The van der Waals surface area contributed by atoms with Crippen LogP contribution in [-0.2, 0) is 23.0 Å². The lowest BCUT2D eigenvalue weighted by molar-refractivity contribution is -0.137. The molecule has 5 aromatic rings. The molecule has 0 amide bonds. The average molecular weight is 512 g/mol. The highest BCUT2D eigenvalue weighted by atomic mass is 32.2. The summed E-state index contributed by atoms with van der Waals surface area (Å²) in [5.74, 6) is 0.344. The molecule has 0 fully saturated rings. The maximum atomic E-state index is 13.8. The molecule has 15 heteroatoms. The summed E-state index contributed by atoms with van der Waals surface area (Å²) >= 11 is 0. The summed E-state index contributed by atoms with van der Waals surface area (Å²) in [5.41, 5.74) is -0.106. The van der Waals surface area contributed by atoms with E-state index in [0.717, 1.165) is 6.07 Å². The quantitative estimate of drug-likeness (QED) is 0.334. The molecular formula is C21H15F3N10OS. The average Bonchev–Trinajstić information content (AvgIpc) is 3.41. The van der Waals surface area contributed by atoms with E-state index in [1.54, 1.807) is 32.3 Å². The Morgan fingerprint density at radius 1 is 1.14 bits per heavy atom. The molecule has 0 N–H and O–H groups in total. The minimum atomic E-state index is -4.61. The summed E-state index contributed by atoms with van der Waals surface area (Å²) in [7, 11) is -1.83. The lowest BCUT2D eigenvalue weighted by Gasteiger charge is -2.06. The van der Waals surface area contributed by atoms with Crippen LogP contribution in [0.25, 0.3) is 39.7 Å². The van der Waals surface area contributed by atoms with Crippen molar-refractivity contribution in [3.63, 3.8) is 0 Å². The Morgan fingerprint density at radius 3 is 2.56 bits per heavy atom. The van der Waals surface area contributed by atoms with E-state index in [2.05, 4.69) is 34.4 Å². The fraction of sp³-hybridized carbons (Fsp3) is 0.190. The number of fused-ring (bicyclic) bond motifs is 2. The Hall–Kier alpha value is -4.45. The van der Waals surface area contributed by atoms with Crippen molar-refractivity contribution in [1.82, 2.24) is 39.1 Å². The summed E-state index contributed by atoms with van der Waals surface area (Å²) in [6.07, 6.45) is 2.23. The highest BCUT2D eigenvalue weighted by molar-refractivity contribution is 7.93. The molecule has 11 nitrogen and oxygen atoms in total. The van der Waals surface area contributed by atoms with Gasteiger partial charge in [-0.05, 0) is 18.2 Å². The van der Waals surface area contributed by atoms with Crippen LogP contribution < -0.4 is 0 Å². The molecule has 0 saturated carbocycles. The Bertz CT molecular complexity index is 1790. The van der Waals surface area contributed by atoms with Crippen molar-refractivity contribution >= 4 is 26.5 Å². The van der Waals surface area contributed by atoms with E-state index in [1.165, 1.54) is 27.7 Å². The van der Waals surface area contributed by atoms with Gasteiger partial charge in [-0.3, -0.25) is 0 Å². The maximum absolute atomic E-state index is 13.8. The van der Waals surface area contributed by atoms with E-state index in [1.807, 2.05) is 0 Å². The van der Waals surface area contributed by atoms with Gasteiger partial charge in [0.15, 0.2) is 22.1 Å². The highest BCUT2D eigenvalue weighted by Gasteiger charge is 2.33. The second-order valence-electron chi connectivity index (χ2n) is 7.50. The molecule has 0 bridgehead atoms. The van der Waals surface area contributed by atoms with Gasteiger partial charge >= 0.3 is 6.18 Å². The van der Waals surface area contributed by atoms with Crippen molar-refractivity contribution in [2.24, 2.45) is 11.4 Å². The molecule has 1 atom stereocenters. The van der Waals surface area contributed by atoms with Gasteiger partial charge in [0, 0.05) is 37.6 Å². The molecule has 182 valence electrons. The van der Waals surface area contributed by atoms with Gasteiger partial charge in [-0.1, -0.05) is 6.92 Å². The Labute approximate surface area is 201 Å². The second kappa shape index (κ2) is 8.34. The van der Waals surface area contributed by atoms with Crippen LogP contribution in [0, 0.1) is 11.5 Å². The number of aromatic nitrogens is 8. The van der Waals surface area contributed by atoms with Gasteiger partial charge in [-0.2, -0.15) is 23.5 Å². The van der Waals surface area contributed by atoms with Crippen molar-refractivity contribution < 1.29 is 17.4 Å². The number of aryl methyl sites for hydroxylation is 1. The molecule has 0 aliphatic rings. The summed E-state index contributed by atoms with van der Waals surface area (Å²) in [6.45, 7) is 1.58.